The van der Waals surface area contributed by atoms with E-state index in [1.54, 1.807) is 18.2 Å². The third-order valence-corrected chi connectivity index (χ3v) is 6.02. The summed E-state index contributed by atoms with van der Waals surface area (Å²) in [7, 11) is -3.48. The average molecular weight is 347 g/mol. The zero-order chi connectivity index (χ0) is 17.2. The third-order valence-electron chi connectivity index (χ3n) is 4.14. The van der Waals surface area contributed by atoms with Crippen molar-refractivity contribution in [2.75, 3.05) is 13.1 Å². The maximum atomic E-state index is 12.7. The summed E-state index contributed by atoms with van der Waals surface area (Å²) in [4.78, 5) is 0.329. The van der Waals surface area contributed by atoms with Crippen LogP contribution in [0.3, 0.4) is 0 Å². The van der Waals surface area contributed by atoms with E-state index < -0.39 is 10.0 Å². The molecule has 24 heavy (non-hydrogen) atoms. The van der Waals surface area contributed by atoms with E-state index in [1.807, 2.05) is 32.0 Å². The van der Waals surface area contributed by atoms with E-state index >= 15 is 0 Å². The predicted molar refractivity (Wildman–Crippen MR) is 90.4 cm³/mol. The van der Waals surface area contributed by atoms with Crippen molar-refractivity contribution in [3.8, 4) is 5.88 Å². The van der Waals surface area contributed by atoms with Crippen molar-refractivity contribution in [1.29, 1.82) is 0 Å². The van der Waals surface area contributed by atoms with Crippen molar-refractivity contribution >= 4 is 10.0 Å². The highest BCUT2D eigenvalue weighted by molar-refractivity contribution is 7.89. The van der Waals surface area contributed by atoms with Gasteiger partial charge in [0.2, 0.25) is 15.9 Å². The normalized spacial score (nSPS) is 18.7. The first-order chi connectivity index (χ1) is 11.5. The average Bonchev–Trinajstić information content (AvgIpc) is 3.06. The van der Waals surface area contributed by atoms with E-state index in [-0.39, 0.29) is 6.10 Å². The lowest BCUT2D eigenvalue weighted by Gasteiger charge is -2.17. The van der Waals surface area contributed by atoms with E-state index in [9.17, 15) is 8.42 Å². The number of aryl methyl sites for hydroxylation is 2. The lowest BCUT2D eigenvalue weighted by Crippen LogP contribution is -2.31. The van der Waals surface area contributed by atoms with Crippen LogP contribution in [0.5, 0.6) is 5.88 Å². The van der Waals surface area contributed by atoms with E-state index in [1.165, 1.54) is 4.31 Å². The van der Waals surface area contributed by atoms with Crippen LogP contribution in [-0.4, -0.2) is 42.1 Å². The van der Waals surface area contributed by atoms with Gasteiger partial charge in [0.05, 0.1) is 17.1 Å². The minimum absolute atomic E-state index is 0.202. The monoisotopic (exact) mass is 347 g/mol. The number of hydrogen-bond donors (Lipinski definition) is 0. The number of benzene rings is 1. The molecular formula is C17H21N3O3S. The van der Waals surface area contributed by atoms with E-state index in [2.05, 4.69) is 10.2 Å². The Kier molecular flexibility index (Phi) is 4.82. The molecule has 1 unspecified atom stereocenters. The second kappa shape index (κ2) is 6.86. The summed E-state index contributed by atoms with van der Waals surface area (Å²) in [5.41, 5.74) is 1.93. The fourth-order valence-corrected chi connectivity index (χ4v) is 4.17. The molecule has 1 aliphatic rings. The molecule has 1 aliphatic heterocycles. The zero-order valence-electron chi connectivity index (χ0n) is 13.8. The third kappa shape index (κ3) is 3.57. The highest BCUT2D eigenvalue weighted by Crippen LogP contribution is 2.23. The number of sulfonamides is 1. The fourth-order valence-electron chi connectivity index (χ4n) is 2.68. The van der Waals surface area contributed by atoms with Crippen LogP contribution in [0, 0.1) is 6.92 Å². The SMILES string of the molecule is CCc1ccc(S(=O)(=O)N2CCC(Oc3ccc(C)nn3)C2)cc1. The summed E-state index contributed by atoms with van der Waals surface area (Å²) in [6.45, 7) is 4.67. The highest BCUT2D eigenvalue weighted by atomic mass is 32.2. The topological polar surface area (TPSA) is 72.4 Å². The fraction of sp³-hybridized carbons (Fsp3) is 0.412. The first-order valence-electron chi connectivity index (χ1n) is 8.05. The molecule has 0 aliphatic carbocycles. The van der Waals surface area contributed by atoms with Crippen LogP contribution in [0.2, 0.25) is 0 Å². The molecule has 1 atom stereocenters. The van der Waals surface area contributed by atoms with Crippen LogP contribution < -0.4 is 4.74 Å². The molecule has 0 spiro atoms. The first-order valence-corrected chi connectivity index (χ1v) is 9.49. The van der Waals surface area contributed by atoms with Gasteiger partial charge in [0.25, 0.3) is 0 Å². The van der Waals surface area contributed by atoms with Crippen LogP contribution in [0.25, 0.3) is 0 Å². The van der Waals surface area contributed by atoms with E-state index in [0.29, 0.717) is 30.3 Å². The zero-order valence-corrected chi connectivity index (χ0v) is 14.7. The minimum atomic E-state index is -3.48. The van der Waals surface area contributed by atoms with Crippen molar-refractivity contribution in [1.82, 2.24) is 14.5 Å². The van der Waals surface area contributed by atoms with Gasteiger partial charge in [0.1, 0.15) is 6.10 Å². The number of rotatable bonds is 5. The van der Waals surface area contributed by atoms with Crippen molar-refractivity contribution in [2.24, 2.45) is 0 Å². The second-order valence-electron chi connectivity index (χ2n) is 5.90. The van der Waals surface area contributed by atoms with Crippen molar-refractivity contribution in [2.45, 2.75) is 37.7 Å². The van der Waals surface area contributed by atoms with Crippen molar-refractivity contribution in [3.05, 3.63) is 47.7 Å². The molecule has 1 fully saturated rings. The van der Waals surface area contributed by atoms with Gasteiger partial charge in [-0.15, -0.1) is 5.10 Å². The van der Waals surface area contributed by atoms with E-state index in [0.717, 1.165) is 17.7 Å². The van der Waals surface area contributed by atoms with Crippen LogP contribution in [0.15, 0.2) is 41.3 Å². The Balaban J connectivity index is 1.68. The van der Waals surface area contributed by atoms with Gasteiger partial charge in [-0.2, -0.15) is 9.40 Å². The quantitative estimate of drug-likeness (QED) is 0.829. The Morgan fingerprint density at radius 3 is 2.54 bits per heavy atom. The molecule has 0 radical (unpaired) electrons. The summed E-state index contributed by atoms with van der Waals surface area (Å²) in [6.07, 6.45) is 1.33. The molecule has 7 heteroatoms. The Bertz CT molecular complexity index is 789. The lowest BCUT2D eigenvalue weighted by molar-refractivity contribution is 0.204. The molecule has 2 heterocycles. The van der Waals surface area contributed by atoms with Crippen molar-refractivity contribution in [3.63, 3.8) is 0 Å². The number of hydrogen-bond acceptors (Lipinski definition) is 5. The van der Waals surface area contributed by atoms with Gasteiger partial charge in [-0.25, -0.2) is 8.42 Å². The Morgan fingerprint density at radius 1 is 1.17 bits per heavy atom. The van der Waals surface area contributed by atoms with Gasteiger partial charge in [-0.3, -0.25) is 0 Å². The molecular weight excluding hydrogens is 326 g/mol. The number of nitrogens with zero attached hydrogens (tertiary/aromatic N) is 3. The molecule has 0 saturated carbocycles. The smallest absolute Gasteiger partial charge is 0.243 e. The van der Waals surface area contributed by atoms with Gasteiger partial charge >= 0.3 is 0 Å². The van der Waals surface area contributed by atoms with Crippen LogP contribution in [0.4, 0.5) is 0 Å². The second-order valence-corrected chi connectivity index (χ2v) is 7.84. The molecule has 3 rings (SSSR count). The maximum absolute atomic E-state index is 12.7. The molecule has 6 nitrogen and oxygen atoms in total. The van der Waals surface area contributed by atoms with Gasteiger partial charge in [-0.05, 0) is 43.5 Å². The molecule has 1 aromatic heterocycles. The summed E-state index contributed by atoms with van der Waals surface area (Å²) in [6, 6.07) is 10.6. The summed E-state index contributed by atoms with van der Waals surface area (Å²) in [5.74, 6) is 0.428. The van der Waals surface area contributed by atoms with E-state index in [4.69, 9.17) is 4.74 Å². The molecule has 128 valence electrons. The Morgan fingerprint density at radius 2 is 1.92 bits per heavy atom. The van der Waals surface area contributed by atoms with Gasteiger partial charge in [0, 0.05) is 12.6 Å². The summed E-state index contributed by atoms with van der Waals surface area (Å²) in [5, 5.41) is 7.91. The van der Waals surface area contributed by atoms with Crippen LogP contribution in [-0.2, 0) is 16.4 Å². The predicted octanol–water partition coefficient (Wildman–Crippen LogP) is 2.19. The Hall–Kier alpha value is -1.99. The maximum Gasteiger partial charge on any atom is 0.243 e. The molecule has 2 aromatic rings. The van der Waals surface area contributed by atoms with Crippen molar-refractivity contribution < 1.29 is 13.2 Å². The minimum Gasteiger partial charge on any atom is -0.472 e. The van der Waals surface area contributed by atoms with Crippen LogP contribution >= 0.6 is 0 Å². The highest BCUT2D eigenvalue weighted by Gasteiger charge is 2.33. The molecule has 1 saturated heterocycles. The molecule has 1 aromatic carbocycles. The molecule has 0 bridgehead atoms. The standard InChI is InChI=1S/C17H21N3O3S/c1-3-14-5-7-16(8-6-14)24(21,22)20-11-10-15(12-20)23-17-9-4-13(2)18-19-17/h4-9,15H,3,10-12H2,1-2H3. The molecule has 0 amide bonds. The van der Waals surface area contributed by atoms with Gasteiger partial charge < -0.3 is 4.74 Å². The first kappa shape index (κ1) is 16.9. The lowest BCUT2D eigenvalue weighted by atomic mass is 10.2. The largest absolute Gasteiger partial charge is 0.472 e. The van der Waals surface area contributed by atoms with Gasteiger partial charge in [-0.1, -0.05) is 19.1 Å². The molecule has 0 N–H and O–H groups in total. The number of aromatic nitrogens is 2. The Labute approximate surface area is 142 Å². The summed E-state index contributed by atoms with van der Waals surface area (Å²) < 4.78 is 32.7. The van der Waals surface area contributed by atoms with Gasteiger partial charge in [0.15, 0.2) is 0 Å². The van der Waals surface area contributed by atoms with Crippen LogP contribution in [0.1, 0.15) is 24.6 Å². The summed E-state index contributed by atoms with van der Waals surface area (Å²) >= 11 is 0. The number of ether oxygens (including phenoxy) is 1.